The van der Waals surface area contributed by atoms with Gasteiger partial charge in [0, 0.05) is 37.9 Å². The van der Waals surface area contributed by atoms with Gasteiger partial charge in [0.1, 0.15) is 4.83 Å². The maximum atomic E-state index is 12.4. The standard InChI is InChI=1S/C17H16N4OS2/c1-20(2)12-5-3-11(4-6-12)10-18-15(22)14-9-13-16(24-14)19-17-21(13)7-8-23-17/h3-9H,10H2,1-2H3,(H,18,22). The van der Waals surface area contributed by atoms with Crippen LogP contribution in [0.1, 0.15) is 15.2 Å². The number of benzene rings is 1. The number of nitrogens with zero attached hydrogens (tertiary/aromatic N) is 3. The lowest BCUT2D eigenvalue weighted by molar-refractivity contribution is 0.0955. The number of aromatic nitrogens is 2. The molecule has 0 aliphatic carbocycles. The van der Waals surface area contributed by atoms with E-state index in [0.29, 0.717) is 11.4 Å². The molecular formula is C17H16N4OS2. The van der Waals surface area contributed by atoms with E-state index in [4.69, 9.17) is 0 Å². The normalized spacial score (nSPS) is 11.2. The molecule has 122 valence electrons. The SMILES string of the molecule is CN(C)c1ccc(CNC(=O)c2cc3c(nc4sccn43)s2)cc1. The molecule has 0 saturated carbocycles. The average Bonchev–Trinajstić information content (AvgIpc) is 3.24. The van der Waals surface area contributed by atoms with Crippen molar-refractivity contribution < 1.29 is 4.79 Å². The van der Waals surface area contributed by atoms with Crippen LogP contribution in [-0.2, 0) is 6.54 Å². The van der Waals surface area contributed by atoms with Crippen LogP contribution in [0, 0.1) is 0 Å². The first-order chi connectivity index (χ1) is 11.6. The minimum absolute atomic E-state index is 0.0568. The zero-order valence-corrected chi connectivity index (χ0v) is 14.9. The smallest absolute Gasteiger partial charge is 0.261 e. The van der Waals surface area contributed by atoms with Crippen molar-refractivity contribution in [1.82, 2.24) is 14.7 Å². The molecule has 1 amide bonds. The molecule has 0 bridgehead atoms. The lowest BCUT2D eigenvalue weighted by atomic mass is 10.2. The van der Waals surface area contributed by atoms with Gasteiger partial charge in [0.2, 0.25) is 0 Å². The molecule has 1 aromatic carbocycles. The van der Waals surface area contributed by atoms with E-state index in [1.807, 2.05) is 48.3 Å². The predicted octanol–water partition coefficient (Wildman–Crippen LogP) is 3.61. The van der Waals surface area contributed by atoms with Crippen LogP contribution >= 0.6 is 22.7 Å². The van der Waals surface area contributed by atoms with Gasteiger partial charge in [-0.15, -0.1) is 22.7 Å². The molecule has 24 heavy (non-hydrogen) atoms. The summed E-state index contributed by atoms with van der Waals surface area (Å²) < 4.78 is 2.02. The summed E-state index contributed by atoms with van der Waals surface area (Å²) in [6.07, 6.45) is 1.98. The third kappa shape index (κ3) is 2.65. The van der Waals surface area contributed by atoms with Crippen LogP contribution in [0.5, 0.6) is 0 Å². The van der Waals surface area contributed by atoms with Gasteiger partial charge < -0.3 is 10.2 Å². The number of hydrogen-bond acceptors (Lipinski definition) is 5. The summed E-state index contributed by atoms with van der Waals surface area (Å²) in [5.41, 5.74) is 3.22. The fourth-order valence-electron chi connectivity index (χ4n) is 2.54. The molecule has 0 aliphatic rings. The van der Waals surface area contributed by atoms with Gasteiger partial charge in [-0.3, -0.25) is 9.20 Å². The van der Waals surface area contributed by atoms with Crippen molar-refractivity contribution in [3.05, 3.63) is 52.3 Å². The second-order valence-corrected chi connectivity index (χ2v) is 7.62. The molecule has 4 aromatic rings. The van der Waals surface area contributed by atoms with Gasteiger partial charge in [-0.25, -0.2) is 4.98 Å². The van der Waals surface area contributed by atoms with Gasteiger partial charge in [0.15, 0.2) is 4.96 Å². The van der Waals surface area contributed by atoms with Crippen molar-refractivity contribution in [2.75, 3.05) is 19.0 Å². The van der Waals surface area contributed by atoms with E-state index in [1.54, 1.807) is 11.3 Å². The second kappa shape index (κ2) is 5.92. The summed E-state index contributed by atoms with van der Waals surface area (Å²) in [6, 6.07) is 10.1. The molecule has 0 spiro atoms. The van der Waals surface area contributed by atoms with Crippen molar-refractivity contribution in [1.29, 1.82) is 0 Å². The Morgan fingerprint density at radius 3 is 2.83 bits per heavy atom. The van der Waals surface area contributed by atoms with E-state index < -0.39 is 0 Å². The van der Waals surface area contributed by atoms with E-state index in [9.17, 15) is 4.79 Å². The number of fused-ring (bicyclic) bond motifs is 3. The highest BCUT2D eigenvalue weighted by Gasteiger charge is 2.14. The highest BCUT2D eigenvalue weighted by Crippen LogP contribution is 2.28. The van der Waals surface area contributed by atoms with E-state index in [2.05, 4.69) is 27.3 Å². The van der Waals surface area contributed by atoms with Crippen LogP contribution in [0.15, 0.2) is 41.9 Å². The Hall–Kier alpha value is -2.38. The molecule has 3 aromatic heterocycles. The van der Waals surface area contributed by atoms with Crippen molar-refractivity contribution in [2.45, 2.75) is 6.54 Å². The number of nitrogens with one attached hydrogen (secondary N) is 1. The second-order valence-electron chi connectivity index (χ2n) is 5.71. The number of hydrogen-bond donors (Lipinski definition) is 1. The van der Waals surface area contributed by atoms with Gasteiger partial charge in [0.05, 0.1) is 10.4 Å². The minimum atomic E-state index is -0.0568. The number of carbonyl (C=O) groups is 1. The zero-order valence-electron chi connectivity index (χ0n) is 13.3. The van der Waals surface area contributed by atoms with Crippen LogP contribution < -0.4 is 10.2 Å². The topological polar surface area (TPSA) is 49.6 Å². The minimum Gasteiger partial charge on any atom is -0.378 e. The molecule has 0 unspecified atom stereocenters. The number of thiophene rings is 1. The monoisotopic (exact) mass is 356 g/mol. The predicted molar refractivity (Wildman–Crippen MR) is 100 cm³/mol. The van der Waals surface area contributed by atoms with Gasteiger partial charge in [0.25, 0.3) is 5.91 Å². The molecule has 0 atom stereocenters. The van der Waals surface area contributed by atoms with E-state index in [0.717, 1.165) is 26.6 Å². The van der Waals surface area contributed by atoms with Crippen LogP contribution in [0.3, 0.4) is 0 Å². The van der Waals surface area contributed by atoms with Crippen molar-refractivity contribution >= 4 is 49.6 Å². The maximum absolute atomic E-state index is 12.4. The lowest BCUT2D eigenvalue weighted by Crippen LogP contribution is -2.21. The van der Waals surface area contributed by atoms with Crippen LogP contribution in [0.2, 0.25) is 0 Å². The van der Waals surface area contributed by atoms with Gasteiger partial charge in [-0.2, -0.15) is 0 Å². The summed E-state index contributed by atoms with van der Waals surface area (Å²) in [6.45, 7) is 0.517. The highest BCUT2D eigenvalue weighted by atomic mass is 32.1. The zero-order chi connectivity index (χ0) is 16.7. The Bertz CT molecular complexity index is 1010. The van der Waals surface area contributed by atoms with E-state index >= 15 is 0 Å². The van der Waals surface area contributed by atoms with Crippen LogP contribution in [0.4, 0.5) is 5.69 Å². The Morgan fingerprint density at radius 1 is 1.29 bits per heavy atom. The van der Waals surface area contributed by atoms with Crippen molar-refractivity contribution in [3.63, 3.8) is 0 Å². The van der Waals surface area contributed by atoms with Crippen LogP contribution in [-0.4, -0.2) is 29.4 Å². The van der Waals surface area contributed by atoms with Crippen molar-refractivity contribution in [3.8, 4) is 0 Å². The van der Waals surface area contributed by atoms with Gasteiger partial charge in [-0.05, 0) is 23.8 Å². The summed E-state index contributed by atoms with van der Waals surface area (Å²) >= 11 is 3.03. The average molecular weight is 356 g/mol. The Balaban J connectivity index is 1.48. The summed E-state index contributed by atoms with van der Waals surface area (Å²) in [7, 11) is 4.02. The summed E-state index contributed by atoms with van der Waals surface area (Å²) in [4.78, 5) is 21.5. The third-order valence-electron chi connectivity index (χ3n) is 3.87. The maximum Gasteiger partial charge on any atom is 0.261 e. The van der Waals surface area contributed by atoms with Crippen LogP contribution in [0.25, 0.3) is 15.3 Å². The molecule has 5 nitrogen and oxygen atoms in total. The molecule has 7 heteroatoms. The number of carbonyl (C=O) groups excluding carboxylic acids is 1. The summed E-state index contributed by atoms with van der Waals surface area (Å²) in [5, 5.41) is 4.98. The molecule has 0 aliphatic heterocycles. The number of anilines is 1. The number of amides is 1. The van der Waals surface area contributed by atoms with E-state index in [-0.39, 0.29) is 5.91 Å². The Morgan fingerprint density at radius 2 is 2.08 bits per heavy atom. The van der Waals surface area contributed by atoms with Gasteiger partial charge in [-0.1, -0.05) is 12.1 Å². The first kappa shape index (κ1) is 15.2. The fourth-order valence-corrected chi connectivity index (χ4v) is 4.26. The Labute approximate surface area is 147 Å². The largest absolute Gasteiger partial charge is 0.378 e. The number of thiazole rings is 1. The van der Waals surface area contributed by atoms with E-state index in [1.165, 1.54) is 11.3 Å². The molecule has 4 rings (SSSR count). The quantitative estimate of drug-likeness (QED) is 0.608. The summed E-state index contributed by atoms with van der Waals surface area (Å²) in [5.74, 6) is -0.0568. The van der Waals surface area contributed by atoms with Crippen molar-refractivity contribution in [2.24, 2.45) is 0 Å². The molecular weight excluding hydrogens is 340 g/mol. The molecule has 0 saturated heterocycles. The Kier molecular flexibility index (Phi) is 3.74. The number of rotatable bonds is 4. The number of imidazole rings is 1. The third-order valence-corrected chi connectivity index (χ3v) is 5.64. The lowest BCUT2D eigenvalue weighted by Gasteiger charge is -2.12. The molecule has 1 N–H and O–H groups in total. The first-order valence-corrected chi connectivity index (χ1v) is 9.21. The molecule has 0 radical (unpaired) electrons. The fraction of sp³-hybridized carbons (Fsp3) is 0.176. The highest BCUT2D eigenvalue weighted by molar-refractivity contribution is 7.21. The van der Waals surface area contributed by atoms with Gasteiger partial charge >= 0.3 is 0 Å². The molecule has 3 heterocycles. The molecule has 0 fully saturated rings. The first-order valence-electron chi connectivity index (χ1n) is 7.51.